The number of rotatable bonds is 5. The predicted octanol–water partition coefficient (Wildman–Crippen LogP) is 2.73. The number of carbonyl (C=O) groups is 2. The minimum atomic E-state index is -0.637. The van der Waals surface area contributed by atoms with Crippen molar-refractivity contribution < 1.29 is 23.1 Å². The Morgan fingerprint density at radius 3 is 2.41 bits per heavy atom. The fourth-order valence-corrected chi connectivity index (χ4v) is 3.94. The lowest BCUT2D eigenvalue weighted by Gasteiger charge is -2.38. The number of hydrogen-bond acceptors (Lipinski definition) is 3. The molecular weight excluding hydrogens is 354 g/mol. The Balaban J connectivity index is 1.56. The zero-order valence-corrected chi connectivity index (χ0v) is 15.8. The Morgan fingerprint density at radius 1 is 1.19 bits per heavy atom. The van der Waals surface area contributed by atoms with Crippen molar-refractivity contribution in [2.75, 3.05) is 26.2 Å². The van der Waals surface area contributed by atoms with Crippen molar-refractivity contribution in [2.24, 2.45) is 5.41 Å². The summed E-state index contributed by atoms with van der Waals surface area (Å²) in [4.78, 5) is 28.1. The van der Waals surface area contributed by atoms with Crippen LogP contribution in [0.3, 0.4) is 0 Å². The maximum Gasteiger partial charge on any atom is 0.248 e. The summed E-state index contributed by atoms with van der Waals surface area (Å²) in [6.45, 7) is 5.85. The van der Waals surface area contributed by atoms with E-state index >= 15 is 0 Å². The number of nitrogens with zero attached hydrogens (tertiary/aromatic N) is 2. The second-order valence-electron chi connectivity index (χ2n) is 7.94. The average Bonchev–Trinajstić information content (AvgIpc) is 2.87. The van der Waals surface area contributed by atoms with E-state index in [0.29, 0.717) is 31.6 Å². The number of halogens is 2. The van der Waals surface area contributed by atoms with Gasteiger partial charge in [0.1, 0.15) is 18.2 Å². The van der Waals surface area contributed by atoms with Crippen LogP contribution in [0.2, 0.25) is 0 Å². The maximum atomic E-state index is 13.4. The number of ether oxygens (including phenoxy) is 1. The first-order valence-corrected chi connectivity index (χ1v) is 9.38. The van der Waals surface area contributed by atoms with E-state index in [9.17, 15) is 18.4 Å². The highest BCUT2D eigenvalue weighted by atomic mass is 19.1. The monoisotopic (exact) mass is 380 g/mol. The smallest absolute Gasteiger partial charge is 0.248 e. The molecule has 5 nitrogen and oxygen atoms in total. The molecule has 2 amide bonds. The Morgan fingerprint density at radius 2 is 1.81 bits per heavy atom. The highest BCUT2D eigenvalue weighted by molar-refractivity contribution is 5.80. The minimum Gasteiger partial charge on any atom is -0.369 e. The second kappa shape index (κ2) is 7.92. The molecule has 2 aliphatic heterocycles. The molecular formula is C20H26F2N2O3. The maximum absolute atomic E-state index is 13.4. The number of benzene rings is 1. The summed E-state index contributed by atoms with van der Waals surface area (Å²) in [5.74, 6) is -1.29. The van der Waals surface area contributed by atoms with E-state index in [1.165, 1.54) is 12.1 Å². The van der Waals surface area contributed by atoms with E-state index in [0.717, 1.165) is 18.9 Å². The van der Waals surface area contributed by atoms with Crippen LogP contribution < -0.4 is 0 Å². The van der Waals surface area contributed by atoms with Crippen LogP contribution in [0.1, 0.15) is 38.7 Å². The largest absolute Gasteiger partial charge is 0.369 e. The summed E-state index contributed by atoms with van der Waals surface area (Å²) < 4.78 is 32.2. The van der Waals surface area contributed by atoms with Crippen molar-refractivity contribution in [3.63, 3.8) is 0 Å². The normalized spacial score (nSPS) is 19.4. The minimum absolute atomic E-state index is 0.00240. The fourth-order valence-electron chi connectivity index (χ4n) is 3.94. The van der Waals surface area contributed by atoms with E-state index in [4.69, 9.17) is 4.74 Å². The summed E-state index contributed by atoms with van der Waals surface area (Å²) in [5.41, 5.74) is 0.301. The summed E-state index contributed by atoms with van der Waals surface area (Å²) in [7, 11) is 0. The highest BCUT2D eigenvalue weighted by Crippen LogP contribution is 2.41. The number of hydrogen-bond donors (Lipinski definition) is 0. The SMILES string of the molecule is CC(C)OCC(=O)N1CCC2(CC1)CC(=O)N(Cc1cc(F)cc(F)c1)C2. The molecule has 27 heavy (non-hydrogen) atoms. The molecule has 0 aliphatic carbocycles. The van der Waals surface area contributed by atoms with Gasteiger partial charge in [-0.25, -0.2) is 8.78 Å². The molecule has 0 atom stereocenters. The van der Waals surface area contributed by atoms with Gasteiger partial charge in [-0.1, -0.05) is 0 Å². The second-order valence-corrected chi connectivity index (χ2v) is 7.94. The molecule has 7 heteroatoms. The van der Waals surface area contributed by atoms with E-state index in [1.807, 2.05) is 13.8 Å². The number of amides is 2. The standard InChI is InChI=1S/C20H26F2N2O3/c1-14(2)27-12-19(26)23-5-3-20(4-6-23)10-18(25)24(13-20)11-15-7-16(21)9-17(22)8-15/h7-9,14H,3-6,10-13H2,1-2H3. The van der Waals surface area contributed by atoms with Crippen molar-refractivity contribution in [3.8, 4) is 0 Å². The van der Waals surface area contributed by atoms with E-state index in [2.05, 4.69) is 0 Å². The van der Waals surface area contributed by atoms with Gasteiger partial charge < -0.3 is 14.5 Å². The van der Waals surface area contributed by atoms with Crippen LogP contribution in [0.15, 0.2) is 18.2 Å². The van der Waals surface area contributed by atoms with Gasteiger partial charge in [-0.2, -0.15) is 0 Å². The predicted molar refractivity (Wildman–Crippen MR) is 95.7 cm³/mol. The molecule has 2 heterocycles. The van der Waals surface area contributed by atoms with E-state index in [-0.39, 0.29) is 36.5 Å². The summed E-state index contributed by atoms with van der Waals surface area (Å²) >= 11 is 0. The average molecular weight is 380 g/mol. The van der Waals surface area contributed by atoms with Crippen molar-refractivity contribution in [2.45, 2.75) is 45.8 Å². The molecule has 148 valence electrons. The number of likely N-dealkylation sites (tertiary alicyclic amines) is 2. The van der Waals surface area contributed by atoms with Gasteiger partial charge in [0, 0.05) is 44.1 Å². The third-order valence-electron chi connectivity index (χ3n) is 5.42. The van der Waals surface area contributed by atoms with Crippen molar-refractivity contribution in [1.29, 1.82) is 0 Å². The molecule has 0 aromatic heterocycles. The zero-order valence-electron chi connectivity index (χ0n) is 15.8. The summed E-state index contributed by atoms with van der Waals surface area (Å²) in [6, 6.07) is 3.35. The molecule has 1 spiro atoms. The van der Waals surface area contributed by atoms with E-state index in [1.54, 1.807) is 9.80 Å². The van der Waals surface area contributed by atoms with Gasteiger partial charge in [-0.3, -0.25) is 9.59 Å². The van der Waals surface area contributed by atoms with Crippen LogP contribution in [-0.2, 0) is 20.9 Å². The molecule has 0 N–H and O–H groups in total. The van der Waals surface area contributed by atoms with Gasteiger partial charge in [-0.05, 0) is 44.4 Å². The molecule has 0 unspecified atom stereocenters. The molecule has 2 aliphatic rings. The van der Waals surface area contributed by atoms with Gasteiger partial charge >= 0.3 is 0 Å². The topological polar surface area (TPSA) is 49.9 Å². The van der Waals surface area contributed by atoms with Crippen LogP contribution in [0, 0.1) is 17.0 Å². The molecule has 0 saturated carbocycles. The lowest BCUT2D eigenvalue weighted by molar-refractivity contribution is -0.139. The summed E-state index contributed by atoms with van der Waals surface area (Å²) in [5, 5.41) is 0. The van der Waals surface area contributed by atoms with Crippen molar-refractivity contribution in [3.05, 3.63) is 35.4 Å². The van der Waals surface area contributed by atoms with Gasteiger partial charge in [0.25, 0.3) is 0 Å². The van der Waals surface area contributed by atoms with Crippen LogP contribution in [0.4, 0.5) is 8.78 Å². The van der Waals surface area contributed by atoms with E-state index < -0.39 is 11.6 Å². The zero-order chi connectivity index (χ0) is 19.6. The third-order valence-corrected chi connectivity index (χ3v) is 5.42. The molecule has 2 fully saturated rings. The summed E-state index contributed by atoms with van der Waals surface area (Å²) in [6.07, 6.45) is 1.94. The molecule has 0 bridgehead atoms. The molecule has 1 aromatic carbocycles. The van der Waals surface area contributed by atoms with Crippen molar-refractivity contribution in [1.82, 2.24) is 9.80 Å². The Hall–Kier alpha value is -2.02. The van der Waals surface area contributed by atoms with Crippen LogP contribution in [-0.4, -0.2) is 54.0 Å². The van der Waals surface area contributed by atoms with Gasteiger partial charge in [0.05, 0.1) is 6.10 Å². The molecule has 1 aromatic rings. The fraction of sp³-hybridized carbons (Fsp3) is 0.600. The Labute approximate surface area is 158 Å². The first-order chi connectivity index (χ1) is 12.8. The first kappa shape index (κ1) is 19.7. The lowest BCUT2D eigenvalue weighted by Crippen LogP contribution is -2.45. The van der Waals surface area contributed by atoms with Crippen LogP contribution in [0.5, 0.6) is 0 Å². The lowest BCUT2D eigenvalue weighted by atomic mass is 9.77. The number of piperidine rings is 1. The van der Waals surface area contributed by atoms with Crippen molar-refractivity contribution >= 4 is 11.8 Å². The Kier molecular flexibility index (Phi) is 5.79. The molecule has 2 saturated heterocycles. The molecule has 3 rings (SSSR count). The first-order valence-electron chi connectivity index (χ1n) is 9.38. The third kappa shape index (κ3) is 4.83. The Bertz CT molecular complexity index is 695. The van der Waals surface area contributed by atoms with Crippen LogP contribution in [0.25, 0.3) is 0 Å². The molecule has 0 radical (unpaired) electrons. The van der Waals surface area contributed by atoms with Crippen LogP contribution >= 0.6 is 0 Å². The quantitative estimate of drug-likeness (QED) is 0.789. The highest BCUT2D eigenvalue weighted by Gasteiger charge is 2.45. The van der Waals surface area contributed by atoms with Gasteiger partial charge in [-0.15, -0.1) is 0 Å². The van der Waals surface area contributed by atoms with Gasteiger partial charge in [0.2, 0.25) is 11.8 Å². The van der Waals surface area contributed by atoms with Gasteiger partial charge in [0.15, 0.2) is 0 Å². The number of carbonyl (C=O) groups excluding carboxylic acids is 2.